The van der Waals surface area contributed by atoms with Crippen molar-refractivity contribution in [2.45, 2.75) is 39.5 Å². The van der Waals surface area contributed by atoms with Gasteiger partial charge in [0.05, 0.1) is 22.7 Å². The Morgan fingerprint density at radius 2 is 0.909 bits per heavy atom. The third-order valence-corrected chi connectivity index (χ3v) is 4.40. The van der Waals surface area contributed by atoms with Crippen molar-refractivity contribution in [1.82, 2.24) is 0 Å². The van der Waals surface area contributed by atoms with Crippen LogP contribution in [0, 0.1) is 0 Å². The highest BCUT2D eigenvalue weighted by atomic mass is 15.3. The topological polar surface area (TPSA) is 6.48 Å². The van der Waals surface area contributed by atoms with Crippen LogP contribution in [0.1, 0.15) is 39.5 Å². The summed E-state index contributed by atoms with van der Waals surface area (Å²) in [5.74, 6) is 0. The molecule has 0 saturated carbocycles. The predicted octanol–water partition coefficient (Wildman–Crippen LogP) is 5.88. The third kappa shape index (κ3) is 2.70. The molecular formula is C20H26N2. The number of hydrogen-bond donors (Lipinski definition) is 0. The molecule has 0 bridgehead atoms. The van der Waals surface area contributed by atoms with E-state index in [0.29, 0.717) is 0 Å². The molecule has 3 rings (SSSR count). The highest BCUT2D eigenvalue weighted by molar-refractivity contribution is 5.93. The molecule has 0 radical (unpaired) electrons. The molecule has 2 nitrogen and oxygen atoms in total. The van der Waals surface area contributed by atoms with Gasteiger partial charge in [0.1, 0.15) is 0 Å². The zero-order valence-corrected chi connectivity index (χ0v) is 13.8. The number of fused-ring (bicyclic) bond motifs is 2. The summed E-state index contributed by atoms with van der Waals surface area (Å²) >= 11 is 0. The van der Waals surface area contributed by atoms with Crippen LogP contribution in [0.15, 0.2) is 48.5 Å². The molecule has 0 aromatic heterocycles. The highest BCUT2D eigenvalue weighted by Crippen LogP contribution is 2.47. The second-order valence-corrected chi connectivity index (χ2v) is 5.99. The number of anilines is 4. The van der Waals surface area contributed by atoms with Gasteiger partial charge in [0.25, 0.3) is 0 Å². The lowest BCUT2D eigenvalue weighted by Gasteiger charge is -2.40. The number of para-hydroxylation sites is 4. The normalized spacial score (nSPS) is 13.0. The van der Waals surface area contributed by atoms with Gasteiger partial charge in [0, 0.05) is 13.1 Å². The molecule has 0 fully saturated rings. The van der Waals surface area contributed by atoms with Crippen molar-refractivity contribution >= 4 is 22.7 Å². The van der Waals surface area contributed by atoms with E-state index in [4.69, 9.17) is 0 Å². The molecule has 1 aliphatic rings. The summed E-state index contributed by atoms with van der Waals surface area (Å²) in [5.41, 5.74) is 5.41. The Morgan fingerprint density at radius 1 is 0.591 bits per heavy atom. The van der Waals surface area contributed by atoms with Gasteiger partial charge in [0.15, 0.2) is 0 Å². The van der Waals surface area contributed by atoms with Gasteiger partial charge >= 0.3 is 0 Å². The molecule has 0 atom stereocenters. The molecule has 0 aliphatic carbocycles. The summed E-state index contributed by atoms with van der Waals surface area (Å²) in [6.45, 7) is 6.70. The number of rotatable bonds is 6. The van der Waals surface area contributed by atoms with Crippen molar-refractivity contribution in [3.8, 4) is 0 Å². The number of nitrogens with zero attached hydrogens (tertiary/aromatic N) is 2. The van der Waals surface area contributed by atoms with Crippen molar-refractivity contribution < 1.29 is 0 Å². The fourth-order valence-corrected chi connectivity index (χ4v) is 3.22. The Kier molecular flexibility index (Phi) is 4.67. The van der Waals surface area contributed by atoms with Gasteiger partial charge in [0.2, 0.25) is 0 Å². The first-order valence-corrected chi connectivity index (χ1v) is 8.60. The Balaban J connectivity index is 2.06. The zero-order chi connectivity index (χ0) is 15.4. The van der Waals surface area contributed by atoms with Gasteiger partial charge in [-0.15, -0.1) is 0 Å². The Labute approximate surface area is 134 Å². The van der Waals surface area contributed by atoms with Gasteiger partial charge in [-0.05, 0) is 37.1 Å². The highest BCUT2D eigenvalue weighted by Gasteiger charge is 2.26. The molecule has 0 saturated heterocycles. The van der Waals surface area contributed by atoms with E-state index in [1.165, 1.54) is 48.4 Å². The largest absolute Gasteiger partial charge is 0.338 e. The fraction of sp³-hybridized carbons (Fsp3) is 0.400. The third-order valence-electron chi connectivity index (χ3n) is 4.40. The second kappa shape index (κ2) is 6.87. The lowest BCUT2D eigenvalue weighted by molar-refractivity contribution is 0.760. The van der Waals surface area contributed by atoms with Gasteiger partial charge in [-0.2, -0.15) is 0 Å². The quantitative estimate of drug-likeness (QED) is 0.656. The maximum atomic E-state index is 2.50. The summed E-state index contributed by atoms with van der Waals surface area (Å²) in [6, 6.07) is 17.7. The van der Waals surface area contributed by atoms with Crippen molar-refractivity contribution in [2.24, 2.45) is 0 Å². The number of unbranched alkanes of at least 4 members (excludes halogenated alkanes) is 2. The van der Waals surface area contributed by atoms with Crippen LogP contribution in [0.25, 0.3) is 0 Å². The van der Waals surface area contributed by atoms with Gasteiger partial charge in [-0.1, -0.05) is 51.0 Å². The van der Waals surface area contributed by atoms with E-state index >= 15 is 0 Å². The van der Waals surface area contributed by atoms with Crippen LogP contribution < -0.4 is 9.80 Å². The first-order valence-electron chi connectivity index (χ1n) is 8.60. The van der Waals surface area contributed by atoms with Crippen LogP contribution in [-0.4, -0.2) is 13.1 Å². The maximum absolute atomic E-state index is 2.50. The monoisotopic (exact) mass is 294 g/mol. The molecule has 0 N–H and O–H groups in total. The Morgan fingerprint density at radius 3 is 1.18 bits per heavy atom. The lowest BCUT2D eigenvalue weighted by atomic mass is 10.1. The standard InChI is InChI=1S/C20H26N2/c1-3-5-15-21-17-11-7-9-13-19(17)22(16-6-4-2)20-14-10-8-12-18(20)21/h7-14H,3-6,15-16H2,1-2H3. The van der Waals surface area contributed by atoms with Crippen molar-refractivity contribution in [2.75, 3.05) is 22.9 Å². The summed E-state index contributed by atoms with van der Waals surface area (Å²) in [5, 5.41) is 0. The maximum Gasteiger partial charge on any atom is 0.0652 e. The first kappa shape index (κ1) is 15.0. The zero-order valence-electron chi connectivity index (χ0n) is 13.8. The molecule has 2 aromatic carbocycles. The molecule has 0 spiro atoms. The lowest BCUT2D eigenvalue weighted by Crippen LogP contribution is -2.30. The van der Waals surface area contributed by atoms with Crippen molar-refractivity contribution in [1.29, 1.82) is 0 Å². The molecule has 1 aliphatic heterocycles. The molecule has 1 heterocycles. The van der Waals surface area contributed by atoms with E-state index in [2.05, 4.69) is 72.2 Å². The van der Waals surface area contributed by atoms with Crippen LogP contribution in [0.2, 0.25) is 0 Å². The van der Waals surface area contributed by atoms with E-state index in [1.54, 1.807) is 0 Å². The fourth-order valence-electron chi connectivity index (χ4n) is 3.22. The van der Waals surface area contributed by atoms with Gasteiger partial charge in [-0.25, -0.2) is 0 Å². The van der Waals surface area contributed by atoms with Gasteiger partial charge < -0.3 is 9.80 Å². The molecule has 2 aromatic rings. The summed E-state index contributed by atoms with van der Waals surface area (Å²) < 4.78 is 0. The molecular weight excluding hydrogens is 268 g/mol. The summed E-state index contributed by atoms with van der Waals surface area (Å²) in [4.78, 5) is 4.99. The van der Waals surface area contributed by atoms with Crippen molar-refractivity contribution in [3.05, 3.63) is 48.5 Å². The molecule has 22 heavy (non-hydrogen) atoms. The molecule has 2 heteroatoms. The average Bonchev–Trinajstić information content (AvgIpc) is 2.58. The summed E-state index contributed by atoms with van der Waals surface area (Å²) in [7, 11) is 0. The minimum atomic E-state index is 1.09. The number of hydrogen-bond acceptors (Lipinski definition) is 2. The van der Waals surface area contributed by atoms with Crippen LogP contribution in [0.4, 0.5) is 22.7 Å². The minimum Gasteiger partial charge on any atom is -0.338 e. The summed E-state index contributed by atoms with van der Waals surface area (Å²) in [6.07, 6.45) is 4.88. The second-order valence-electron chi connectivity index (χ2n) is 5.99. The van der Waals surface area contributed by atoms with E-state index in [0.717, 1.165) is 13.1 Å². The Hall–Kier alpha value is -1.96. The van der Waals surface area contributed by atoms with E-state index < -0.39 is 0 Å². The first-order chi connectivity index (χ1) is 10.9. The van der Waals surface area contributed by atoms with Crippen LogP contribution >= 0.6 is 0 Å². The molecule has 0 unspecified atom stereocenters. The van der Waals surface area contributed by atoms with Crippen LogP contribution in [0.3, 0.4) is 0 Å². The smallest absolute Gasteiger partial charge is 0.0652 e. The van der Waals surface area contributed by atoms with Crippen LogP contribution in [-0.2, 0) is 0 Å². The minimum absolute atomic E-state index is 1.09. The van der Waals surface area contributed by atoms with E-state index in [-0.39, 0.29) is 0 Å². The SMILES string of the molecule is CCCCN1c2ccccc2N(CCCC)c2ccccc21. The molecule has 116 valence electrons. The van der Waals surface area contributed by atoms with Crippen molar-refractivity contribution in [3.63, 3.8) is 0 Å². The number of benzene rings is 2. The Bertz CT molecular complexity index is 519. The van der Waals surface area contributed by atoms with Crippen LogP contribution in [0.5, 0.6) is 0 Å². The average molecular weight is 294 g/mol. The van der Waals surface area contributed by atoms with E-state index in [9.17, 15) is 0 Å². The predicted molar refractivity (Wildman–Crippen MR) is 96.7 cm³/mol. The van der Waals surface area contributed by atoms with Gasteiger partial charge in [-0.3, -0.25) is 0 Å². The molecule has 0 amide bonds. The van der Waals surface area contributed by atoms with E-state index in [1.807, 2.05) is 0 Å².